The molecular formula is C120H86N4OS. The molecule has 0 saturated heterocycles. The van der Waals surface area contributed by atoms with Crippen molar-refractivity contribution in [2.45, 2.75) is 41.5 Å². The number of benzene rings is 19. The molecule has 0 radical (unpaired) electrons. The predicted octanol–water partition coefficient (Wildman–Crippen LogP) is 33.6. The second-order valence-electron chi connectivity index (χ2n) is 33.9. The highest BCUT2D eigenvalue weighted by Gasteiger charge is 2.23. The summed E-state index contributed by atoms with van der Waals surface area (Å²) in [5, 5.41) is 15.3. The molecule has 25 aromatic rings. The van der Waals surface area contributed by atoms with Crippen molar-refractivity contribution < 1.29 is 4.42 Å². The van der Waals surface area contributed by atoms with Crippen molar-refractivity contribution >= 4 is 141 Å². The summed E-state index contributed by atoms with van der Waals surface area (Å²) < 4.78 is 18.5. The van der Waals surface area contributed by atoms with Gasteiger partial charge in [-0.3, -0.25) is 0 Å². The number of aryl methyl sites for hydroxylation is 6. The van der Waals surface area contributed by atoms with Gasteiger partial charge in [0.15, 0.2) is 0 Å². The molecule has 0 spiro atoms. The highest BCUT2D eigenvalue weighted by molar-refractivity contribution is 7.26. The molecular weight excluding hydrogens is 1550 g/mol. The Balaban J connectivity index is 0.000000109. The SMILES string of the molecule is Cc1ccc2c(c1)c1cc(C)ccc1n2-c1ccccc1-c1cccc(-c2ccc3c4ccccc4n(-c4ccccc4)c3c2)c1.Cc1ccc2c(c1)c1cc(C)ccc1n2-c1ccccc1-c1cccc(-c2ccc3oc4ccccc4c3c2)c1.Cc1ccc2c3ccc(C)cc3n(-c3ccccc3-c3cccc(-c4cccc5c4sc4ccccc45)c3)c2c1. The van der Waals surface area contributed by atoms with Gasteiger partial charge in [0, 0.05) is 96.4 Å². The number of hydrogen-bond acceptors (Lipinski definition) is 2. The van der Waals surface area contributed by atoms with E-state index in [1.165, 1.54) is 230 Å². The van der Waals surface area contributed by atoms with Gasteiger partial charge in [0.2, 0.25) is 0 Å². The molecule has 19 aromatic carbocycles. The number of rotatable bonds is 10. The lowest BCUT2D eigenvalue weighted by atomic mass is 9.97. The molecule has 0 fully saturated rings. The summed E-state index contributed by atoms with van der Waals surface area (Å²) in [5.41, 5.74) is 38.7. The van der Waals surface area contributed by atoms with E-state index in [2.05, 4.69) is 460 Å². The molecule has 0 aliphatic rings. The van der Waals surface area contributed by atoms with Gasteiger partial charge < -0.3 is 22.7 Å². The second-order valence-corrected chi connectivity index (χ2v) is 35.0. The Kier molecular flexibility index (Phi) is 18.4. The lowest BCUT2D eigenvalue weighted by Crippen LogP contribution is -1.97. The molecule has 5 nitrogen and oxygen atoms in total. The first-order chi connectivity index (χ1) is 61.9. The lowest BCUT2D eigenvalue weighted by Gasteiger charge is -2.15. The van der Waals surface area contributed by atoms with Crippen LogP contribution in [0.3, 0.4) is 0 Å². The monoisotopic (exact) mass is 1630 g/mol. The number of fused-ring (bicyclic) bond motifs is 18. The van der Waals surface area contributed by atoms with Crippen LogP contribution >= 0.6 is 11.3 Å². The number of para-hydroxylation sites is 6. The first kappa shape index (κ1) is 75.4. The standard InChI is InChI=1S/C44H32N2.C38H27NO.C38H27NS/c1-29-19-23-42-38(25-29)39-26-30(2)20-24-43(39)46(42)40-17-8-6-15-35(40)33-12-10-11-31(27-33)32-21-22-37-36-16-7-9-18-41(36)45(44(37)28-32)34-13-4-3-5-14-34;1-24-14-17-35-31(20-24)32-21-25(2)15-18-36(32)39(35)34-12-5-3-10-29(34)28-9-7-8-26(22-28)27-16-19-38-33(23-27)30-11-4-6-13-37(30)40-38;1-24-17-19-30-31-20-18-25(2)22-36(31)39(35(30)21-24)34-15-5-3-11-28(34)26-9-7-10-27(23-26)29-13-8-14-33-32-12-4-6-16-37(32)40-38(29)33/h3-28H,1-2H3;2*3-23H,1-2H3. The van der Waals surface area contributed by atoms with Gasteiger partial charge in [-0.15, -0.1) is 11.3 Å². The zero-order valence-corrected chi connectivity index (χ0v) is 71.7. The maximum Gasteiger partial charge on any atom is 0.135 e. The van der Waals surface area contributed by atoms with Crippen molar-refractivity contribution in [1.29, 1.82) is 0 Å². The third-order valence-corrected chi connectivity index (χ3v) is 26.9. The van der Waals surface area contributed by atoms with Crippen LogP contribution in [0, 0.1) is 41.5 Å². The van der Waals surface area contributed by atoms with Crippen molar-refractivity contribution in [1.82, 2.24) is 18.3 Å². The Morgan fingerprint density at radius 1 is 0.183 bits per heavy atom. The van der Waals surface area contributed by atoms with Gasteiger partial charge in [-0.25, -0.2) is 0 Å². The first-order valence-corrected chi connectivity index (χ1v) is 44.3. The fraction of sp³-hybridized carbons (Fsp3) is 0.0500. The lowest BCUT2D eigenvalue weighted by molar-refractivity contribution is 0.669. The minimum Gasteiger partial charge on any atom is -0.456 e. The summed E-state index contributed by atoms with van der Waals surface area (Å²) in [7, 11) is 0. The summed E-state index contributed by atoms with van der Waals surface area (Å²) in [6.45, 7) is 13.0. The van der Waals surface area contributed by atoms with Gasteiger partial charge >= 0.3 is 0 Å². The minimum absolute atomic E-state index is 0.920. The second kappa shape index (κ2) is 30.8. The average molecular weight is 1630 g/mol. The minimum atomic E-state index is 0.920. The van der Waals surface area contributed by atoms with E-state index in [0.29, 0.717) is 0 Å². The Morgan fingerprint density at radius 3 is 1.06 bits per heavy atom. The van der Waals surface area contributed by atoms with Gasteiger partial charge in [0.25, 0.3) is 0 Å². The molecule has 0 atom stereocenters. The Bertz CT molecular complexity index is 8510. The van der Waals surface area contributed by atoms with Crippen LogP contribution in [-0.4, -0.2) is 18.3 Å². The third-order valence-electron chi connectivity index (χ3n) is 25.6. The van der Waals surface area contributed by atoms with E-state index in [4.69, 9.17) is 4.42 Å². The molecule has 598 valence electrons. The molecule has 0 saturated carbocycles. The zero-order chi connectivity index (χ0) is 84.4. The highest BCUT2D eigenvalue weighted by atomic mass is 32.1. The maximum absolute atomic E-state index is 6.08. The Morgan fingerprint density at radius 2 is 0.524 bits per heavy atom. The van der Waals surface area contributed by atoms with E-state index in [1.807, 2.05) is 23.5 Å². The van der Waals surface area contributed by atoms with Gasteiger partial charge in [-0.1, -0.05) is 289 Å². The molecule has 6 heterocycles. The molecule has 0 aliphatic carbocycles. The largest absolute Gasteiger partial charge is 0.456 e. The van der Waals surface area contributed by atoms with E-state index in [1.54, 1.807) is 0 Å². The maximum atomic E-state index is 6.08. The number of furan rings is 1. The van der Waals surface area contributed by atoms with Crippen molar-refractivity contribution in [3.63, 3.8) is 0 Å². The van der Waals surface area contributed by atoms with E-state index >= 15 is 0 Å². The summed E-state index contributed by atoms with van der Waals surface area (Å²) in [5.74, 6) is 0. The molecule has 6 heteroatoms. The van der Waals surface area contributed by atoms with Crippen LogP contribution in [0.15, 0.2) is 417 Å². The summed E-state index contributed by atoms with van der Waals surface area (Å²) in [4.78, 5) is 0. The highest BCUT2D eigenvalue weighted by Crippen LogP contribution is 2.47. The summed E-state index contributed by atoms with van der Waals surface area (Å²) >= 11 is 1.89. The van der Waals surface area contributed by atoms with Gasteiger partial charge in [0.1, 0.15) is 11.2 Å². The zero-order valence-electron chi connectivity index (χ0n) is 70.9. The summed E-state index contributed by atoms with van der Waals surface area (Å²) in [6, 6.07) is 151. The van der Waals surface area contributed by atoms with E-state index in [9.17, 15) is 0 Å². The van der Waals surface area contributed by atoms with Gasteiger partial charge in [0.05, 0.1) is 61.2 Å². The molecule has 0 N–H and O–H groups in total. The first-order valence-electron chi connectivity index (χ1n) is 43.5. The number of nitrogens with zero attached hydrogens (tertiary/aromatic N) is 4. The van der Waals surface area contributed by atoms with Crippen LogP contribution in [0.4, 0.5) is 0 Å². The number of hydrogen-bond donors (Lipinski definition) is 0. The van der Waals surface area contributed by atoms with E-state index in [0.717, 1.165) is 21.9 Å². The van der Waals surface area contributed by atoms with Crippen molar-refractivity contribution in [2.75, 3.05) is 0 Å². The van der Waals surface area contributed by atoms with Crippen LogP contribution in [0.25, 0.3) is 219 Å². The fourth-order valence-electron chi connectivity index (χ4n) is 19.7. The fourth-order valence-corrected chi connectivity index (χ4v) is 21.0. The molecule has 0 amide bonds. The van der Waals surface area contributed by atoms with Gasteiger partial charge in [-0.2, -0.15) is 0 Å². The third kappa shape index (κ3) is 13.0. The smallest absolute Gasteiger partial charge is 0.135 e. The normalized spacial score (nSPS) is 11.7. The molecule has 25 rings (SSSR count). The topological polar surface area (TPSA) is 32.9 Å². The molecule has 6 aromatic heterocycles. The van der Waals surface area contributed by atoms with Crippen molar-refractivity contribution in [3.8, 4) is 89.5 Å². The molecule has 0 unspecified atom stereocenters. The van der Waals surface area contributed by atoms with Crippen LogP contribution in [0.1, 0.15) is 33.4 Å². The van der Waals surface area contributed by atoms with Crippen molar-refractivity contribution in [3.05, 3.63) is 446 Å². The Hall–Kier alpha value is -15.6. The number of thiophene rings is 1. The van der Waals surface area contributed by atoms with Crippen LogP contribution in [0.2, 0.25) is 0 Å². The van der Waals surface area contributed by atoms with Gasteiger partial charge in [-0.05, 0) is 248 Å². The molecule has 0 bridgehead atoms. The quantitative estimate of drug-likeness (QED) is 0.134. The van der Waals surface area contributed by atoms with Crippen LogP contribution in [0.5, 0.6) is 0 Å². The molecule has 126 heavy (non-hydrogen) atoms. The predicted molar refractivity (Wildman–Crippen MR) is 538 cm³/mol. The van der Waals surface area contributed by atoms with E-state index in [-0.39, 0.29) is 0 Å². The number of aromatic nitrogens is 4. The average Bonchev–Trinajstić information content (AvgIpc) is 1.60. The van der Waals surface area contributed by atoms with Crippen LogP contribution < -0.4 is 0 Å². The van der Waals surface area contributed by atoms with Crippen LogP contribution in [-0.2, 0) is 0 Å². The van der Waals surface area contributed by atoms with E-state index < -0.39 is 0 Å². The Labute approximate surface area is 735 Å². The molecule has 0 aliphatic heterocycles. The van der Waals surface area contributed by atoms with Crippen molar-refractivity contribution in [2.24, 2.45) is 0 Å². The summed E-state index contributed by atoms with van der Waals surface area (Å²) in [6.07, 6.45) is 0.